The van der Waals surface area contributed by atoms with Crippen LogP contribution in [0.4, 0.5) is 15.9 Å². The lowest BCUT2D eigenvalue weighted by Crippen LogP contribution is -2.12. The Bertz CT molecular complexity index is 838. The van der Waals surface area contributed by atoms with E-state index in [2.05, 4.69) is 20.6 Å². The van der Waals surface area contributed by atoms with Gasteiger partial charge in [-0.3, -0.25) is 9.78 Å². The zero-order valence-electron chi connectivity index (χ0n) is 13.4. The molecule has 3 rings (SSSR count). The molecule has 2 heterocycles. The van der Waals surface area contributed by atoms with Crippen LogP contribution in [-0.4, -0.2) is 22.4 Å². The van der Waals surface area contributed by atoms with Crippen molar-refractivity contribution in [3.8, 4) is 0 Å². The lowest BCUT2D eigenvalue weighted by molar-refractivity contribution is 0.102. The maximum absolute atomic E-state index is 13.5. The molecule has 0 saturated carbocycles. The molecule has 1 amide bonds. The fraction of sp³-hybridized carbons (Fsp3) is 0.105. The van der Waals surface area contributed by atoms with E-state index >= 15 is 0 Å². The number of nitrogens with one attached hydrogen (secondary N) is 2. The fourth-order valence-corrected chi connectivity index (χ4v) is 2.30. The van der Waals surface area contributed by atoms with Gasteiger partial charge in [-0.05, 0) is 42.3 Å². The molecular weight excluding hydrogens is 319 g/mol. The number of anilines is 2. The van der Waals surface area contributed by atoms with Crippen LogP contribution in [0.3, 0.4) is 0 Å². The third-order valence-corrected chi connectivity index (χ3v) is 3.60. The summed E-state index contributed by atoms with van der Waals surface area (Å²) >= 11 is 0. The molecule has 0 bridgehead atoms. The highest BCUT2D eigenvalue weighted by atomic mass is 19.1. The van der Waals surface area contributed by atoms with E-state index in [4.69, 9.17) is 0 Å². The van der Waals surface area contributed by atoms with E-state index in [9.17, 15) is 9.18 Å². The quantitative estimate of drug-likeness (QED) is 0.723. The number of nitrogens with zero attached hydrogens (tertiary/aromatic N) is 2. The first-order valence-electron chi connectivity index (χ1n) is 7.87. The number of carbonyl (C=O) groups excluding carboxylic acids is 1. The maximum atomic E-state index is 13.5. The lowest BCUT2D eigenvalue weighted by Gasteiger charge is -2.08. The van der Waals surface area contributed by atoms with Crippen LogP contribution < -0.4 is 10.6 Å². The summed E-state index contributed by atoms with van der Waals surface area (Å²) in [5.41, 5.74) is 1.73. The zero-order valence-corrected chi connectivity index (χ0v) is 13.4. The van der Waals surface area contributed by atoms with Crippen molar-refractivity contribution in [2.45, 2.75) is 6.42 Å². The Balaban J connectivity index is 1.52. The summed E-state index contributed by atoms with van der Waals surface area (Å²) in [7, 11) is 0. The molecule has 0 aliphatic heterocycles. The average Bonchev–Trinajstić information content (AvgIpc) is 2.65. The van der Waals surface area contributed by atoms with Gasteiger partial charge in [0.15, 0.2) is 0 Å². The van der Waals surface area contributed by atoms with Gasteiger partial charge in [-0.15, -0.1) is 0 Å². The summed E-state index contributed by atoms with van der Waals surface area (Å²) in [4.78, 5) is 20.2. The van der Waals surface area contributed by atoms with E-state index in [1.807, 2.05) is 6.07 Å². The molecule has 0 aliphatic carbocycles. The molecule has 0 fully saturated rings. The highest BCUT2D eigenvalue weighted by Gasteiger charge is 2.06. The summed E-state index contributed by atoms with van der Waals surface area (Å²) in [6.07, 6.45) is 5.25. The van der Waals surface area contributed by atoms with Crippen LogP contribution in [0.1, 0.15) is 15.9 Å². The second kappa shape index (κ2) is 8.01. The van der Waals surface area contributed by atoms with Crippen molar-refractivity contribution in [2.24, 2.45) is 0 Å². The molecule has 0 saturated heterocycles. The largest absolute Gasteiger partial charge is 0.370 e. The summed E-state index contributed by atoms with van der Waals surface area (Å²) in [6.45, 7) is 0.565. The van der Waals surface area contributed by atoms with Gasteiger partial charge < -0.3 is 10.6 Å². The van der Waals surface area contributed by atoms with Gasteiger partial charge in [-0.2, -0.15) is 0 Å². The standard InChI is InChI=1S/C19H17FN4O/c20-17-6-2-1-4-14(17)9-11-22-18-8-7-16(13-23-18)24-19(25)15-5-3-10-21-12-15/h1-8,10,12-13H,9,11H2,(H,22,23)(H,24,25). The first-order valence-corrected chi connectivity index (χ1v) is 7.87. The summed E-state index contributed by atoms with van der Waals surface area (Å²) in [5, 5.41) is 5.89. The Kier molecular flexibility index (Phi) is 5.31. The van der Waals surface area contributed by atoms with Gasteiger partial charge in [-0.1, -0.05) is 18.2 Å². The third kappa shape index (κ3) is 4.60. The molecule has 3 aromatic rings. The van der Waals surface area contributed by atoms with Crippen molar-refractivity contribution in [1.29, 1.82) is 0 Å². The number of aromatic nitrogens is 2. The van der Waals surface area contributed by atoms with Gasteiger partial charge in [0.25, 0.3) is 5.91 Å². The normalized spacial score (nSPS) is 10.3. The van der Waals surface area contributed by atoms with E-state index in [1.165, 1.54) is 12.3 Å². The number of pyridine rings is 2. The fourth-order valence-electron chi connectivity index (χ4n) is 2.30. The second-order valence-electron chi connectivity index (χ2n) is 5.40. The first-order chi connectivity index (χ1) is 12.2. The number of hydrogen-bond acceptors (Lipinski definition) is 4. The van der Waals surface area contributed by atoms with Gasteiger partial charge in [0.2, 0.25) is 0 Å². The molecule has 0 unspecified atom stereocenters. The Morgan fingerprint density at radius 1 is 1.04 bits per heavy atom. The molecule has 5 nitrogen and oxygen atoms in total. The molecule has 0 aliphatic rings. The van der Waals surface area contributed by atoms with Gasteiger partial charge in [0.1, 0.15) is 11.6 Å². The third-order valence-electron chi connectivity index (χ3n) is 3.60. The second-order valence-corrected chi connectivity index (χ2v) is 5.40. The molecule has 0 radical (unpaired) electrons. The molecule has 6 heteroatoms. The predicted octanol–water partition coefficient (Wildman–Crippen LogP) is 3.52. The van der Waals surface area contributed by atoms with Gasteiger partial charge >= 0.3 is 0 Å². The van der Waals surface area contributed by atoms with E-state index in [0.29, 0.717) is 35.6 Å². The minimum atomic E-state index is -0.241. The van der Waals surface area contributed by atoms with Crippen LogP contribution in [0.15, 0.2) is 67.1 Å². The Morgan fingerprint density at radius 2 is 1.92 bits per heavy atom. The van der Waals surface area contributed by atoms with Crippen LogP contribution >= 0.6 is 0 Å². The SMILES string of the molecule is O=C(Nc1ccc(NCCc2ccccc2F)nc1)c1cccnc1. The van der Waals surface area contributed by atoms with Crippen molar-refractivity contribution in [2.75, 3.05) is 17.2 Å². The first kappa shape index (κ1) is 16.6. The molecule has 0 spiro atoms. The number of hydrogen-bond donors (Lipinski definition) is 2. The number of benzene rings is 1. The highest BCUT2D eigenvalue weighted by molar-refractivity contribution is 6.03. The van der Waals surface area contributed by atoms with E-state index in [-0.39, 0.29) is 11.7 Å². The minimum absolute atomic E-state index is 0.203. The Labute approximate surface area is 145 Å². The Hall–Kier alpha value is -3.28. The van der Waals surface area contributed by atoms with Crippen molar-refractivity contribution in [1.82, 2.24) is 9.97 Å². The smallest absolute Gasteiger partial charge is 0.257 e. The molecule has 1 aromatic carbocycles. The lowest BCUT2D eigenvalue weighted by atomic mass is 10.1. The van der Waals surface area contributed by atoms with E-state index < -0.39 is 0 Å². The molecule has 2 N–H and O–H groups in total. The van der Waals surface area contributed by atoms with Crippen molar-refractivity contribution in [3.05, 3.63) is 84.1 Å². The topological polar surface area (TPSA) is 66.9 Å². The van der Waals surface area contributed by atoms with Gasteiger partial charge in [0, 0.05) is 18.9 Å². The average molecular weight is 336 g/mol. The van der Waals surface area contributed by atoms with Gasteiger partial charge in [0.05, 0.1) is 17.4 Å². The minimum Gasteiger partial charge on any atom is -0.370 e. The van der Waals surface area contributed by atoms with Crippen LogP contribution in [0, 0.1) is 5.82 Å². The number of amides is 1. The summed E-state index contributed by atoms with van der Waals surface area (Å²) in [6, 6.07) is 13.6. The van der Waals surface area contributed by atoms with Crippen LogP contribution in [0.25, 0.3) is 0 Å². The molecule has 2 aromatic heterocycles. The van der Waals surface area contributed by atoms with E-state index in [1.54, 1.807) is 48.8 Å². The van der Waals surface area contributed by atoms with Crippen molar-refractivity contribution >= 4 is 17.4 Å². The van der Waals surface area contributed by atoms with Gasteiger partial charge in [-0.25, -0.2) is 9.37 Å². The monoisotopic (exact) mass is 336 g/mol. The van der Waals surface area contributed by atoms with Crippen LogP contribution in [0.5, 0.6) is 0 Å². The van der Waals surface area contributed by atoms with Crippen LogP contribution in [0.2, 0.25) is 0 Å². The number of halogens is 1. The molecule has 126 valence electrons. The van der Waals surface area contributed by atoms with Crippen LogP contribution in [-0.2, 0) is 6.42 Å². The highest BCUT2D eigenvalue weighted by Crippen LogP contribution is 2.12. The number of rotatable bonds is 6. The summed E-state index contributed by atoms with van der Waals surface area (Å²) in [5.74, 6) is 0.219. The molecular formula is C19H17FN4O. The number of carbonyl (C=O) groups is 1. The molecule has 25 heavy (non-hydrogen) atoms. The molecule has 0 atom stereocenters. The van der Waals surface area contributed by atoms with Crippen molar-refractivity contribution in [3.63, 3.8) is 0 Å². The maximum Gasteiger partial charge on any atom is 0.257 e. The van der Waals surface area contributed by atoms with Crippen molar-refractivity contribution < 1.29 is 9.18 Å². The zero-order chi connectivity index (χ0) is 17.5. The predicted molar refractivity (Wildman–Crippen MR) is 95.0 cm³/mol. The van der Waals surface area contributed by atoms with E-state index in [0.717, 1.165) is 0 Å². The Morgan fingerprint density at radius 3 is 2.64 bits per heavy atom. The summed E-state index contributed by atoms with van der Waals surface area (Å²) < 4.78 is 13.5.